The molecule has 1 aromatic carbocycles. The van der Waals surface area contributed by atoms with Crippen LogP contribution in [-0.2, 0) is 0 Å². The van der Waals surface area contributed by atoms with Crippen LogP contribution in [0.1, 0.15) is 49.0 Å². The predicted molar refractivity (Wildman–Crippen MR) is 90.4 cm³/mol. The number of anilines is 1. The SMILES string of the molecule is Cc1ccc(N2CCCC2)c(C(=O)NC(CCO)C(C)C)c1. The van der Waals surface area contributed by atoms with Crippen molar-refractivity contribution in [1.82, 2.24) is 5.32 Å². The number of aryl methyl sites for hydroxylation is 1. The minimum atomic E-state index is -0.0299. The number of hydrogen-bond donors (Lipinski definition) is 2. The highest BCUT2D eigenvalue weighted by Crippen LogP contribution is 2.26. The van der Waals surface area contributed by atoms with E-state index in [1.807, 2.05) is 13.0 Å². The lowest BCUT2D eigenvalue weighted by atomic mass is 10.00. The van der Waals surface area contributed by atoms with Crippen molar-refractivity contribution in [2.24, 2.45) is 5.92 Å². The van der Waals surface area contributed by atoms with Crippen LogP contribution in [0.15, 0.2) is 18.2 Å². The van der Waals surface area contributed by atoms with E-state index in [2.05, 4.69) is 36.2 Å². The lowest BCUT2D eigenvalue weighted by molar-refractivity contribution is 0.0917. The number of rotatable bonds is 6. The van der Waals surface area contributed by atoms with Gasteiger partial charge in [0.2, 0.25) is 0 Å². The number of carbonyl (C=O) groups is 1. The van der Waals surface area contributed by atoms with Gasteiger partial charge in [-0.15, -0.1) is 0 Å². The fourth-order valence-electron chi connectivity index (χ4n) is 3.02. The molecule has 2 rings (SSSR count). The first-order valence-corrected chi connectivity index (χ1v) is 8.30. The molecule has 22 heavy (non-hydrogen) atoms. The van der Waals surface area contributed by atoms with Crippen molar-refractivity contribution in [3.05, 3.63) is 29.3 Å². The van der Waals surface area contributed by atoms with Gasteiger partial charge >= 0.3 is 0 Å². The van der Waals surface area contributed by atoms with Crippen molar-refractivity contribution in [2.75, 3.05) is 24.6 Å². The van der Waals surface area contributed by atoms with E-state index in [-0.39, 0.29) is 18.6 Å². The zero-order valence-electron chi connectivity index (χ0n) is 13.9. The van der Waals surface area contributed by atoms with Crippen molar-refractivity contribution in [1.29, 1.82) is 0 Å². The molecule has 1 aliphatic heterocycles. The van der Waals surface area contributed by atoms with Gasteiger partial charge in [-0.2, -0.15) is 0 Å². The van der Waals surface area contributed by atoms with Crippen molar-refractivity contribution in [2.45, 2.75) is 46.1 Å². The third kappa shape index (κ3) is 4.01. The minimum absolute atomic E-state index is 0.00411. The number of aliphatic hydroxyl groups is 1. The van der Waals surface area contributed by atoms with Gasteiger partial charge in [-0.05, 0) is 44.2 Å². The highest BCUT2D eigenvalue weighted by Gasteiger charge is 2.22. The molecule has 1 amide bonds. The van der Waals surface area contributed by atoms with Gasteiger partial charge in [0.1, 0.15) is 0 Å². The summed E-state index contributed by atoms with van der Waals surface area (Å²) in [5, 5.41) is 12.3. The van der Waals surface area contributed by atoms with E-state index in [1.165, 1.54) is 12.8 Å². The van der Waals surface area contributed by atoms with Gasteiger partial charge in [0.25, 0.3) is 5.91 Å². The number of carbonyl (C=O) groups excluding carboxylic acids is 1. The summed E-state index contributed by atoms with van der Waals surface area (Å²) in [4.78, 5) is 15.0. The molecule has 1 unspecified atom stereocenters. The van der Waals surface area contributed by atoms with Gasteiger partial charge in [0.15, 0.2) is 0 Å². The molecule has 2 N–H and O–H groups in total. The molecule has 0 radical (unpaired) electrons. The third-order valence-corrected chi connectivity index (χ3v) is 4.40. The Morgan fingerprint density at radius 3 is 2.59 bits per heavy atom. The summed E-state index contributed by atoms with van der Waals surface area (Å²) in [5.74, 6) is 0.272. The Morgan fingerprint density at radius 1 is 1.32 bits per heavy atom. The number of benzene rings is 1. The molecule has 0 aromatic heterocycles. The monoisotopic (exact) mass is 304 g/mol. The lowest BCUT2D eigenvalue weighted by Crippen LogP contribution is -2.39. The van der Waals surface area contributed by atoms with Crippen LogP contribution in [0.5, 0.6) is 0 Å². The molecule has 122 valence electrons. The van der Waals surface area contributed by atoms with Crippen molar-refractivity contribution < 1.29 is 9.90 Å². The van der Waals surface area contributed by atoms with Crippen molar-refractivity contribution in [3.8, 4) is 0 Å². The van der Waals surface area contributed by atoms with Gasteiger partial charge in [0, 0.05) is 31.4 Å². The Hall–Kier alpha value is -1.55. The standard InChI is InChI=1S/C18H28N2O2/c1-13(2)16(8-11-21)19-18(22)15-12-14(3)6-7-17(15)20-9-4-5-10-20/h6-7,12-13,16,21H,4-5,8-11H2,1-3H3,(H,19,22). The zero-order valence-corrected chi connectivity index (χ0v) is 13.9. The summed E-state index contributed by atoms with van der Waals surface area (Å²) in [5.41, 5.74) is 2.88. The van der Waals surface area contributed by atoms with E-state index in [4.69, 9.17) is 0 Å². The Morgan fingerprint density at radius 2 is 2.00 bits per heavy atom. The number of amides is 1. The summed E-state index contributed by atoms with van der Waals surface area (Å²) in [6.45, 7) is 8.28. The first-order valence-electron chi connectivity index (χ1n) is 8.30. The van der Waals surface area contributed by atoms with Crippen LogP contribution >= 0.6 is 0 Å². The molecule has 1 fully saturated rings. The van der Waals surface area contributed by atoms with E-state index >= 15 is 0 Å². The predicted octanol–water partition coefficient (Wildman–Crippen LogP) is 2.73. The molecule has 1 saturated heterocycles. The van der Waals surface area contributed by atoms with E-state index in [0.29, 0.717) is 12.3 Å². The fourth-order valence-corrected chi connectivity index (χ4v) is 3.02. The highest BCUT2D eigenvalue weighted by atomic mass is 16.3. The Balaban J connectivity index is 2.22. The smallest absolute Gasteiger partial charge is 0.253 e. The quantitative estimate of drug-likeness (QED) is 0.849. The largest absolute Gasteiger partial charge is 0.396 e. The van der Waals surface area contributed by atoms with Crippen molar-refractivity contribution >= 4 is 11.6 Å². The van der Waals surface area contributed by atoms with Crippen LogP contribution in [0.25, 0.3) is 0 Å². The normalized spacial score (nSPS) is 16.1. The maximum Gasteiger partial charge on any atom is 0.253 e. The Bertz CT molecular complexity index is 508. The van der Waals surface area contributed by atoms with E-state index in [9.17, 15) is 9.90 Å². The number of nitrogens with zero attached hydrogens (tertiary/aromatic N) is 1. The zero-order chi connectivity index (χ0) is 16.1. The lowest BCUT2D eigenvalue weighted by Gasteiger charge is -2.25. The number of nitrogens with one attached hydrogen (secondary N) is 1. The molecule has 1 aliphatic rings. The minimum Gasteiger partial charge on any atom is -0.396 e. The first-order chi connectivity index (χ1) is 10.5. The van der Waals surface area contributed by atoms with Gasteiger partial charge in [0.05, 0.1) is 5.56 Å². The molecule has 4 nitrogen and oxygen atoms in total. The summed E-state index contributed by atoms with van der Waals surface area (Å²) in [7, 11) is 0. The molecule has 4 heteroatoms. The summed E-state index contributed by atoms with van der Waals surface area (Å²) >= 11 is 0. The number of hydrogen-bond acceptors (Lipinski definition) is 3. The summed E-state index contributed by atoms with van der Waals surface area (Å²) < 4.78 is 0. The maximum atomic E-state index is 12.7. The Kier molecular flexibility index (Phi) is 5.83. The van der Waals surface area contributed by atoms with Crippen LogP contribution < -0.4 is 10.2 Å². The van der Waals surface area contributed by atoms with Gasteiger partial charge in [-0.1, -0.05) is 25.5 Å². The van der Waals surface area contributed by atoms with Gasteiger partial charge in [-0.25, -0.2) is 0 Å². The van der Waals surface area contributed by atoms with Gasteiger partial charge in [-0.3, -0.25) is 4.79 Å². The maximum absolute atomic E-state index is 12.7. The highest BCUT2D eigenvalue weighted by molar-refractivity contribution is 6.00. The van der Waals surface area contributed by atoms with Crippen LogP contribution in [0, 0.1) is 12.8 Å². The van der Waals surface area contributed by atoms with E-state index in [1.54, 1.807) is 0 Å². The molecular formula is C18H28N2O2. The average Bonchev–Trinajstić information content (AvgIpc) is 3.00. The molecule has 0 saturated carbocycles. The molecule has 0 aliphatic carbocycles. The second kappa shape index (κ2) is 7.63. The fraction of sp³-hybridized carbons (Fsp3) is 0.611. The van der Waals surface area contributed by atoms with E-state index < -0.39 is 0 Å². The van der Waals surface area contributed by atoms with Crippen LogP contribution in [-0.4, -0.2) is 36.8 Å². The molecule has 0 spiro atoms. The van der Waals surface area contributed by atoms with Crippen LogP contribution in [0.4, 0.5) is 5.69 Å². The molecule has 1 atom stereocenters. The van der Waals surface area contributed by atoms with Crippen molar-refractivity contribution in [3.63, 3.8) is 0 Å². The number of aliphatic hydroxyl groups excluding tert-OH is 1. The summed E-state index contributed by atoms with van der Waals surface area (Å²) in [6, 6.07) is 6.10. The topological polar surface area (TPSA) is 52.6 Å². The second-order valence-corrected chi connectivity index (χ2v) is 6.55. The van der Waals surface area contributed by atoms with E-state index in [0.717, 1.165) is 29.9 Å². The van der Waals surface area contributed by atoms with Crippen LogP contribution in [0.2, 0.25) is 0 Å². The molecule has 1 heterocycles. The van der Waals surface area contributed by atoms with Gasteiger partial charge < -0.3 is 15.3 Å². The third-order valence-electron chi connectivity index (χ3n) is 4.40. The average molecular weight is 304 g/mol. The molecule has 0 bridgehead atoms. The molecule has 1 aromatic rings. The summed E-state index contributed by atoms with van der Waals surface area (Å²) in [6.07, 6.45) is 2.97. The second-order valence-electron chi connectivity index (χ2n) is 6.55. The van der Waals surface area contributed by atoms with Crippen LogP contribution in [0.3, 0.4) is 0 Å². The molecular weight excluding hydrogens is 276 g/mol. The Labute approximate surface area is 133 Å². The first kappa shape index (κ1) is 16.8.